The van der Waals surface area contributed by atoms with Crippen LogP contribution in [0.15, 0.2) is 18.2 Å². The molecule has 0 amide bonds. The van der Waals surface area contributed by atoms with Crippen LogP contribution in [-0.2, 0) is 16.4 Å². The van der Waals surface area contributed by atoms with E-state index in [0.717, 1.165) is 14.7 Å². The van der Waals surface area contributed by atoms with E-state index >= 15 is 0 Å². The van der Waals surface area contributed by atoms with Gasteiger partial charge in [-0.2, -0.15) is 13.2 Å². The molecule has 1 aromatic carbocycles. The zero-order chi connectivity index (χ0) is 14.0. The predicted molar refractivity (Wildman–Crippen MR) is 70.6 cm³/mol. The molecule has 8 heteroatoms. The van der Waals surface area contributed by atoms with Crippen molar-refractivity contribution >= 4 is 32.6 Å². The smallest absolute Gasteiger partial charge is 0.207 e. The topological polar surface area (TPSA) is 46.2 Å². The van der Waals surface area contributed by atoms with E-state index < -0.39 is 15.5 Å². The van der Waals surface area contributed by atoms with Crippen molar-refractivity contribution in [3.63, 3.8) is 0 Å². The van der Waals surface area contributed by atoms with Crippen molar-refractivity contribution in [2.45, 2.75) is 18.9 Å². The number of aryl methyl sites for hydroxylation is 1. The van der Waals surface area contributed by atoms with Gasteiger partial charge in [0.15, 0.2) is 0 Å². The van der Waals surface area contributed by atoms with Gasteiger partial charge in [0, 0.05) is 10.1 Å². The summed E-state index contributed by atoms with van der Waals surface area (Å²) < 4.78 is 60.2. The van der Waals surface area contributed by atoms with Gasteiger partial charge in [0.05, 0.1) is 0 Å². The average molecular weight is 393 g/mol. The summed E-state index contributed by atoms with van der Waals surface area (Å²) >= 11 is 2.06. The van der Waals surface area contributed by atoms with Crippen LogP contribution in [0.4, 0.5) is 13.2 Å². The van der Waals surface area contributed by atoms with Gasteiger partial charge in [0.25, 0.3) is 0 Å². The van der Waals surface area contributed by atoms with Crippen LogP contribution >= 0.6 is 22.6 Å². The second-order valence-corrected chi connectivity index (χ2v) is 6.55. The van der Waals surface area contributed by atoms with Crippen molar-refractivity contribution in [1.29, 1.82) is 0 Å². The second kappa shape index (κ2) is 5.74. The fraction of sp³-hybridized carbons (Fsp3) is 0.400. The maximum atomic E-state index is 12.1. The molecule has 0 fully saturated rings. The van der Waals surface area contributed by atoms with E-state index in [2.05, 4.69) is 22.6 Å². The molecule has 0 aromatic heterocycles. The lowest BCUT2D eigenvalue weighted by Crippen LogP contribution is -2.37. The number of hydrogen-bond donors (Lipinski definition) is 1. The third-order valence-corrected chi connectivity index (χ3v) is 4.53. The number of benzene rings is 1. The average Bonchev–Trinajstić information content (AvgIpc) is 2.20. The van der Waals surface area contributed by atoms with Crippen molar-refractivity contribution in [1.82, 2.24) is 4.72 Å². The van der Waals surface area contributed by atoms with Crippen molar-refractivity contribution in [3.05, 3.63) is 32.9 Å². The molecular weight excluding hydrogens is 382 g/mol. The Hall–Kier alpha value is -0.350. The van der Waals surface area contributed by atoms with Crippen LogP contribution in [0.2, 0.25) is 0 Å². The number of sulfonamides is 1. The molecule has 0 aliphatic heterocycles. The van der Waals surface area contributed by atoms with Gasteiger partial charge in [-0.1, -0.05) is 12.1 Å². The minimum atomic E-state index is -5.26. The van der Waals surface area contributed by atoms with Crippen molar-refractivity contribution in [2.24, 2.45) is 0 Å². The molecule has 3 nitrogen and oxygen atoms in total. The van der Waals surface area contributed by atoms with Gasteiger partial charge in [-0.25, -0.2) is 13.1 Å². The second-order valence-electron chi connectivity index (χ2n) is 3.63. The molecule has 1 aromatic rings. The van der Waals surface area contributed by atoms with Gasteiger partial charge in [0.1, 0.15) is 0 Å². The monoisotopic (exact) mass is 393 g/mol. The number of halogens is 4. The van der Waals surface area contributed by atoms with E-state index in [1.165, 1.54) is 0 Å². The number of rotatable bonds is 4. The number of nitrogens with one attached hydrogen (secondary N) is 1. The third kappa shape index (κ3) is 3.82. The molecule has 0 heterocycles. The molecule has 102 valence electrons. The Morgan fingerprint density at radius 1 is 1.33 bits per heavy atom. The maximum absolute atomic E-state index is 12.1. The molecule has 0 radical (unpaired) electrons. The summed E-state index contributed by atoms with van der Waals surface area (Å²) in [5.74, 6) is 0. The Morgan fingerprint density at radius 3 is 2.44 bits per heavy atom. The highest BCUT2D eigenvalue weighted by atomic mass is 127. The lowest BCUT2D eigenvalue weighted by atomic mass is 10.1. The number of alkyl halides is 3. The minimum Gasteiger partial charge on any atom is -0.207 e. The Labute approximate surface area is 117 Å². The first-order valence-electron chi connectivity index (χ1n) is 4.95. The first-order valence-corrected chi connectivity index (χ1v) is 7.51. The van der Waals surface area contributed by atoms with Crippen molar-refractivity contribution < 1.29 is 21.6 Å². The third-order valence-electron chi connectivity index (χ3n) is 2.32. The molecular formula is C10H11F3INO2S. The summed E-state index contributed by atoms with van der Waals surface area (Å²) in [4.78, 5) is 0. The summed E-state index contributed by atoms with van der Waals surface area (Å²) in [6.07, 6.45) is 0.222. The summed E-state index contributed by atoms with van der Waals surface area (Å²) in [6, 6.07) is 5.48. The lowest BCUT2D eigenvalue weighted by molar-refractivity contribution is -0.0447. The molecule has 0 aliphatic rings. The van der Waals surface area contributed by atoms with E-state index in [1.54, 1.807) is 4.72 Å². The Bertz CT molecular complexity index is 508. The largest absolute Gasteiger partial charge is 0.511 e. The SMILES string of the molecule is Cc1cccc(I)c1CCNS(=O)(=O)C(F)(F)F. The zero-order valence-electron chi connectivity index (χ0n) is 9.38. The molecule has 0 bridgehead atoms. The van der Waals surface area contributed by atoms with Gasteiger partial charge >= 0.3 is 15.5 Å². The van der Waals surface area contributed by atoms with E-state index in [9.17, 15) is 21.6 Å². The summed E-state index contributed by atoms with van der Waals surface area (Å²) in [5, 5.41) is 0. The fourth-order valence-electron chi connectivity index (χ4n) is 1.38. The highest BCUT2D eigenvalue weighted by Gasteiger charge is 2.45. The lowest BCUT2D eigenvalue weighted by Gasteiger charge is -2.11. The summed E-state index contributed by atoms with van der Waals surface area (Å²) in [7, 11) is -5.25. The van der Waals surface area contributed by atoms with Crippen LogP contribution in [0, 0.1) is 10.5 Å². The summed E-state index contributed by atoms with van der Waals surface area (Å²) in [6.45, 7) is 1.55. The van der Waals surface area contributed by atoms with Crippen molar-refractivity contribution in [2.75, 3.05) is 6.54 Å². The van der Waals surface area contributed by atoms with Gasteiger partial charge < -0.3 is 0 Å². The van der Waals surface area contributed by atoms with E-state index in [0.29, 0.717) is 0 Å². The molecule has 0 atom stereocenters. The van der Waals surface area contributed by atoms with E-state index in [4.69, 9.17) is 0 Å². The van der Waals surface area contributed by atoms with Crippen LogP contribution in [-0.4, -0.2) is 20.5 Å². The molecule has 1 N–H and O–H groups in total. The quantitative estimate of drug-likeness (QED) is 0.800. The molecule has 0 spiro atoms. The Balaban J connectivity index is 2.69. The van der Waals surface area contributed by atoms with Crippen LogP contribution in [0.25, 0.3) is 0 Å². The molecule has 0 saturated carbocycles. The highest BCUT2D eigenvalue weighted by Crippen LogP contribution is 2.22. The highest BCUT2D eigenvalue weighted by molar-refractivity contribution is 14.1. The molecule has 0 unspecified atom stereocenters. The molecule has 0 saturated heterocycles. The molecule has 0 aliphatic carbocycles. The van der Waals surface area contributed by atoms with E-state index in [-0.39, 0.29) is 13.0 Å². The van der Waals surface area contributed by atoms with Crippen molar-refractivity contribution in [3.8, 4) is 0 Å². The first-order chi connectivity index (χ1) is 8.15. The van der Waals surface area contributed by atoms with Gasteiger partial charge in [0.2, 0.25) is 0 Å². The van der Waals surface area contributed by atoms with Crippen LogP contribution in [0.5, 0.6) is 0 Å². The summed E-state index contributed by atoms with van der Waals surface area (Å²) in [5.41, 5.74) is -3.48. The standard InChI is InChI=1S/C10H11F3INO2S/c1-7-3-2-4-9(14)8(7)5-6-15-18(16,17)10(11,12)13/h2-4,15H,5-6H2,1H3. The van der Waals surface area contributed by atoms with Gasteiger partial charge in [-0.05, 0) is 53.1 Å². The van der Waals surface area contributed by atoms with E-state index in [1.807, 2.05) is 25.1 Å². The number of hydrogen-bond acceptors (Lipinski definition) is 2. The minimum absolute atomic E-state index is 0.222. The first kappa shape index (κ1) is 15.7. The predicted octanol–water partition coefficient (Wildman–Crippen LogP) is 2.58. The van der Waals surface area contributed by atoms with Gasteiger partial charge in [-0.15, -0.1) is 0 Å². The van der Waals surface area contributed by atoms with Crippen LogP contribution < -0.4 is 4.72 Å². The van der Waals surface area contributed by atoms with Crippen LogP contribution in [0.3, 0.4) is 0 Å². The fourth-order valence-corrected chi connectivity index (χ4v) is 2.81. The Morgan fingerprint density at radius 2 is 1.94 bits per heavy atom. The molecule has 18 heavy (non-hydrogen) atoms. The van der Waals surface area contributed by atoms with Crippen LogP contribution in [0.1, 0.15) is 11.1 Å². The molecule has 1 rings (SSSR count). The van der Waals surface area contributed by atoms with Gasteiger partial charge in [-0.3, -0.25) is 0 Å². The Kier molecular flexibility index (Phi) is 5.01. The maximum Gasteiger partial charge on any atom is 0.511 e. The normalized spacial score (nSPS) is 12.7. The zero-order valence-corrected chi connectivity index (χ0v) is 12.4.